The third-order valence-electron chi connectivity index (χ3n) is 7.72. The summed E-state index contributed by atoms with van der Waals surface area (Å²) in [6.45, 7) is 3.07. The minimum atomic E-state index is -4.82. The number of hydrogen-bond donors (Lipinski definition) is 2. The van der Waals surface area contributed by atoms with E-state index in [-0.39, 0.29) is 36.1 Å². The molecule has 20 heteroatoms. The Kier molecular flexibility index (Phi) is 13.2. The van der Waals surface area contributed by atoms with Crippen LogP contribution < -0.4 is 10.6 Å². The summed E-state index contributed by atoms with van der Waals surface area (Å²) in [4.78, 5) is 16.8. The lowest BCUT2D eigenvalue weighted by Gasteiger charge is -2.10. The number of pyridine rings is 2. The lowest BCUT2D eigenvalue weighted by atomic mass is 10.2. The highest BCUT2D eigenvalue weighted by Crippen LogP contribution is 2.35. The first kappa shape index (κ1) is 41.4. The van der Waals surface area contributed by atoms with Crippen molar-refractivity contribution < 1.29 is 39.5 Å². The second-order valence-electron chi connectivity index (χ2n) is 12.1. The Labute approximate surface area is 318 Å². The molecule has 0 saturated heterocycles. The minimum Gasteiger partial charge on any atom is -0.323 e. The van der Waals surface area contributed by atoms with E-state index >= 15 is 0 Å². The standard InChI is InChI=1S/C18H16ClF4N5.C18H16F5N5/c2*1-11-9-13(6-8-24-11)28-16(3-2-7-19)26-17(27-28)25-12-4-5-15(20)14(10-12)18(21,22)23/h2*4-6,8-10H,2-3,7H2,1H3,(H,25,27). The van der Waals surface area contributed by atoms with Gasteiger partial charge in [-0.3, -0.25) is 14.4 Å². The van der Waals surface area contributed by atoms with Crippen LogP contribution in [-0.2, 0) is 25.2 Å². The maximum absolute atomic E-state index is 13.5. The fourth-order valence-corrected chi connectivity index (χ4v) is 5.34. The van der Waals surface area contributed by atoms with E-state index in [9.17, 15) is 39.5 Å². The summed E-state index contributed by atoms with van der Waals surface area (Å²) < 4.78 is 120. The number of halogens is 10. The third-order valence-corrected chi connectivity index (χ3v) is 7.99. The second-order valence-corrected chi connectivity index (χ2v) is 12.4. The summed E-state index contributed by atoms with van der Waals surface area (Å²) in [5, 5.41) is 13.9. The van der Waals surface area contributed by atoms with E-state index in [1.165, 1.54) is 10.7 Å². The molecular formula is C36H32ClF9N10. The van der Waals surface area contributed by atoms with Crippen LogP contribution in [0.5, 0.6) is 0 Å². The van der Waals surface area contributed by atoms with Crippen molar-refractivity contribution in [1.29, 1.82) is 0 Å². The molecule has 0 aliphatic heterocycles. The first-order valence-electron chi connectivity index (χ1n) is 16.7. The van der Waals surface area contributed by atoms with Gasteiger partial charge in [0.15, 0.2) is 0 Å². The fraction of sp³-hybridized carbons (Fsp3) is 0.278. The molecule has 10 nitrogen and oxygen atoms in total. The number of benzene rings is 2. The Morgan fingerprint density at radius 3 is 1.43 bits per heavy atom. The molecule has 296 valence electrons. The zero-order chi connectivity index (χ0) is 40.6. The lowest BCUT2D eigenvalue weighted by Crippen LogP contribution is -2.08. The molecule has 4 aromatic heterocycles. The maximum atomic E-state index is 13.5. The predicted octanol–water partition coefficient (Wildman–Crippen LogP) is 9.82. The Hall–Kier alpha value is -5.72. The number of aromatic nitrogens is 8. The van der Waals surface area contributed by atoms with Gasteiger partial charge in [-0.1, -0.05) is 0 Å². The van der Waals surface area contributed by atoms with E-state index in [0.717, 1.165) is 29.6 Å². The number of aryl methyl sites for hydroxylation is 4. The Balaban J connectivity index is 0.000000214. The first-order valence-corrected chi connectivity index (χ1v) is 17.3. The van der Waals surface area contributed by atoms with Crippen LogP contribution in [0.3, 0.4) is 0 Å². The summed E-state index contributed by atoms with van der Waals surface area (Å²) in [5.41, 5.74) is 0.120. The van der Waals surface area contributed by atoms with Crippen LogP contribution in [-0.4, -0.2) is 52.1 Å². The van der Waals surface area contributed by atoms with E-state index in [2.05, 4.69) is 40.8 Å². The van der Waals surface area contributed by atoms with Crippen molar-refractivity contribution in [3.8, 4) is 11.4 Å². The average Bonchev–Trinajstić information content (AvgIpc) is 3.74. The molecule has 2 N–H and O–H groups in total. The Morgan fingerprint density at radius 1 is 0.625 bits per heavy atom. The van der Waals surface area contributed by atoms with Gasteiger partial charge < -0.3 is 10.6 Å². The number of nitrogens with zero attached hydrogens (tertiary/aromatic N) is 8. The van der Waals surface area contributed by atoms with Crippen molar-refractivity contribution >= 4 is 34.9 Å². The molecule has 0 radical (unpaired) electrons. The molecule has 6 rings (SSSR count). The molecule has 0 saturated carbocycles. The molecule has 0 spiro atoms. The SMILES string of the molecule is Cc1cc(-n2nc(Nc3ccc(F)c(C(F)(F)F)c3)nc2CCCCl)ccn1.Cc1cc(-n2nc(Nc3ccc(F)c(C(F)(F)F)c3)nc2CCCF)ccn1. The van der Waals surface area contributed by atoms with Crippen molar-refractivity contribution in [2.45, 2.75) is 51.9 Å². The molecule has 0 unspecified atom stereocenters. The number of hydrogen-bond acceptors (Lipinski definition) is 8. The highest BCUT2D eigenvalue weighted by atomic mass is 35.5. The quantitative estimate of drug-likeness (QED) is 0.0929. The summed E-state index contributed by atoms with van der Waals surface area (Å²) >= 11 is 5.76. The van der Waals surface area contributed by atoms with Crippen LogP contribution in [0.15, 0.2) is 73.1 Å². The molecule has 0 aliphatic carbocycles. The number of alkyl halides is 8. The van der Waals surface area contributed by atoms with Gasteiger partial charge >= 0.3 is 12.4 Å². The van der Waals surface area contributed by atoms with E-state index < -0.39 is 41.8 Å². The van der Waals surface area contributed by atoms with Gasteiger partial charge in [0.2, 0.25) is 11.9 Å². The highest BCUT2D eigenvalue weighted by Gasteiger charge is 2.35. The van der Waals surface area contributed by atoms with Crippen LogP contribution >= 0.6 is 11.6 Å². The van der Waals surface area contributed by atoms with E-state index in [4.69, 9.17) is 11.6 Å². The van der Waals surface area contributed by atoms with Crippen LogP contribution in [0.25, 0.3) is 11.4 Å². The zero-order valence-corrected chi connectivity index (χ0v) is 30.3. The summed E-state index contributed by atoms with van der Waals surface area (Å²) in [7, 11) is 0. The van der Waals surface area contributed by atoms with Gasteiger partial charge in [0.1, 0.15) is 23.3 Å². The second kappa shape index (κ2) is 17.8. The Morgan fingerprint density at radius 2 is 1.05 bits per heavy atom. The highest BCUT2D eigenvalue weighted by molar-refractivity contribution is 6.17. The monoisotopic (exact) mass is 810 g/mol. The molecule has 56 heavy (non-hydrogen) atoms. The van der Waals surface area contributed by atoms with Crippen molar-refractivity contribution in [2.24, 2.45) is 0 Å². The van der Waals surface area contributed by atoms with Crippen LogP contribution in [0.1, 0.15) is 47.0 Å². The van der Waals surface area contributed by atoms with Crippen molar-refractivity contribution in [3.05, 3.63) is 119 Å². The van der Waals surface area contributed by atoms with Crippen molar-refractivity contribution in [1.82, 2.24) is 39.5 Å². The van der Waals surface area contributed by atoms with E-state index in [1.54, 1.807) is 42.2 Å². The van der Waals surface area contributed by atoms with Crippen LogP contribution in [0.2, 0.25) is 0 Å². The average molecular weight is 811 g/mol. The van der Waals surface area contributed by atoms with Crippen molar-refractivity contribution in [2.75, 3.05) is 23.2 Å². The molecule has 0 amide bonds. The van der Waals surface area contributed by atoms with Gasteiger partial charge in [0, 0.05) is 53.9 Å². The summed E-state index contributed by atoms with van der Waals surface area (Å²) in [5.74, 6) is -1.14. The first-order chi connectivity index (χ1) is 26.5. The molecular weight excluding hydrogens is 779 g/mol. The molecule has 4 heterocycles. The number of nitrogens with one attached hydrogen (secondary N) is 2. The zero-order valence-electron chi connectivity index (χ0n) is 29.5. The van der Waals surface area contributed by atoms with Gasteiger partial charge in [-0.2, -0.15) is 36.3 Å². The van der Waals surface area contributed by atoms with Gasteiger partial charge in [-0.25, -0.2) is 18.1 Å². The van der Waals surface area contributed by atoms with Crippen LogP contribution in [0.4, 0.5) is 62.8 Å². The maximum Gasteiger partial charge on any atom is 0.419 e. The lowest BCUT2D eigenvalue weighted by molar-refractivity contribution is -0.140. The number of rotatable bonds is 12. The minimum absolute atomic E-state index is 0.0167. The van der Waals surface area contributed by atoms with Gasteiger partial charge in [-0.15, -0.1) is 21.8 Å². The summed E-state index contributed by atoms with van der Waals surface area (Å²) in [6.07, 6.45) is -4.74. The molecule has 0 bridgehead atoms. The normalized spacial score (nSPS) is 11.6. The van der Waals surface area contributed by atoms with Gasteiger partial charge in [0.25, 0.3) is 0 Å². The molecule has 0 atom stereocenters. The van der Waals surface area contributed by atoms with Gasteiger partial charge in [-0.05, 0) is 87.4 Å². The van der Waals surface area contributed by atoms with Crippen molar-refractivity contribution in [3.63, 3.8) is 0 Å². The van der Waals surface area contributed by atoms with E-state index in [0.29, 0.717) is 53.9 Å². The molecule has 0 fully saturated rings. The van der Waals surface area contributed by atoms with Crippen LogP contribution in [0, 0.1) is 25.5 Å². The third kappa shape index (κ3) is 10.7. The molecule has 0 aliphatic rings. The topological polar surface area (TPSA) is 111 Å². The fourth-order valence-electron chi connectivity index (χ4n) is 5.21. The van der Waals surface area contributed by atoms with E-state index in [1.807, 2.05) is 13.0 Å². The largest absolute Gasteiger partial charge is 0.419 e. The Bertz CT molecular complexity index is 2100. The smallest absolute Gasteiger partial charge is 0.323 e. The predicted molar refractivity (Wildman–Crippen MR) is 190 cm³/mol. The van der Waals surface area contributed by atoms with Gasteiger partial charge in [0.05, 0.1) is 29.2 Å². The summed E-state index contributed by atoms with van der Waals surface area (Å²) in [6, 6.07) is 12.1. The molecule has 6 aromatic rings. The number of anilines is 4. The molecule has 2 aromatic carbocycles.